The Morgan fingerprint density at radius 2 is 2.08 bits per heavy atom. The summed E-state index contributed by atoms with van der Waals surface area (Å²) < 4.78 is 1.80. The molecular weight excluding hydrogens is 328 g/mol. The Bertz CT molecular complexity index is 1020. The van der Waals surface area contributed by atoms with E-state index in [0.29, 0.717) is 17.4 Å². The lowest BCUT2D eigenvalue weighted by molar-refractivity contribution is -0.123. The van der Waals surface area contributed by atoms with Crippen molar-refractivity contribution >= 4 is 27.7 Å². The Labute approximate surface area is 151 Å². The van der Waals surface area contributed by atoms with Crippen molar-refractivity contribution in [2.24, 2.45) is 11.8 Å². The van der Waals surface area contributed by atoms with Crippen LogP contribution >= 0.6 is 0 Å². The largest absolute Gasteiger partial charge is 0.352 e. The van der Waals surface area contributed by atoms with Crippen LogP contribution in [-0.4, -0.2) is 26.7 Å². The first kappa shape index (κ1) is 16.8. The highest BCUT2D eigenvalue weighted by atomic mass is 16.2. The van der Waals surface area contributed by atoms with E-state index in [2.05, 4.69) is 29.4 Å². The third-order valence-electron chi connectivity index (χ3n) is 5.94. The molecular formula is C20H24N4O2. The third-order valence-corrected chi connectivity index (χ3v) is 5.94. The number of aromatic amines is 1. The number of carbonyl (C=O) groups excluding carboxylic acids is 1. The molecule has 0 radical (unpaired) electrons. The number of H-pyrrole nitrogens is 1. The lowest BCUT2D eigenvalue weighted by Crippen LogP contribution is -2.44. The molecule has 2 N–H and O–H groups in total. The van der Waals surface area contributed by atoms with Gasteiger partial charge in [0.15, 0.2) is 0 Å². The zero-order valence-electron chi connectivity index (χ0n) is 15.2. The highest BCUT2D eigenvalue weighted by Gasteiger charge is 2.28. The van der Waals surface area contributed by atoms with Crippen molar-refractivity contribution in [2.45, 2.75) is 45.7 Å². The number of aromatic nitrogens is 3. The van der Waals surface area contributed by atoms with Gasteiger partial charge in [0.05, 0.1) is 6.20 Å². The van der Waals surface area contributed by atoms with E-state index >= 15 is 0 Å². The topological polar surface area (TPSA) is 79.8 Å². The van der Waals surface area contributed by atoms with Crippen LogP contribution in [0.25, 0.3) is 21.8 Å². The van der Waals surface area contributed by atoms with Gasteiger partial charge in [-0.1, -0.05) is 44.9 Å². The Morgan fingerprint density at radius 1 is 1.27 bits per heavy atom. The Kier molecular flexibility index (Phi) is 4.26. The zero-order chi connectivity index (χ0) is 18.3. The predicted octanol–water partition coefficient (Wildman–Crippen LogP) is 2.82. The smallest absolute Gasteiger partial charge is 0.288 e. The summed E-state index contributed by atoms with van der Waals surface area (Å²) in [7, 11) is 0. The second-order valence-electron chi connectivity index (χ2n) is 7.51. The summed E-state index contributed by atoms with van der Waals surface area (Å²) in [6.45, 7) is 4.60. The van der Waals surface area contributed by atoms with Gasteiger partial charge in [0.25, 0.3) is 5.56 Å². The molecule has 1 amide bonds. The van der Waals surface area contributed by atoms with Crippen LogP contribution in [0.3, 0.4) is 0 Å². The lowest BCUT2D eigenvalue weighted by Gasteiger charge is -2.34. The molecule has 3 aromatic rings. The number of hydrogen-bond acceptors (Lipinski definition) is 3. The number of amides is 1. The van der Waals surface area contributed by atoms with Crippen LogP contribution < -0.4 is 10.9 Å². The van der Waals surface area contributed by atoms with Gasteiger partial charge in [0.1, 0.15) is 12.1 Å². The summed E-state index contributed by atoms with van der Waals surface area (Å²) in [5.74, 6) is 1.05. The summed E-state index contributed by atoms with van der Waals surface area (Å²) in [6.07, 6.45) is 5.05. The van der Waals surface area contributed by atoms with Crippen molar-refractivity contribution in [3.05, 3.63) is 40.8 Å². The van der Waals surface area contributed by atoms with Crippen molar-refractivity contribution in [3.8, 4) is 0 Å². The van der Waals surface area contributed by atoms with Gasteiger partial charge in [0, 0.05) is 22.3 Å². The standard InChI is InChI=1S/C20H24N4O2/c1-12-6-5-8-16(13(12)2)22-18(25)11-24-17-9-4-3-7-14(17)15-10-21-23-20(26)19(15)24/h3-4,7,9-10,12-13,16H,5-6,8,11H2,1-2H3,(H,22,25)(H,23,26)/t12-,13-,16-/m1/s1. The van der Waals surface area contributed by atoms with Crippen LogP contribution in [0, 0.1) is 11.8 Å². The summed E-state index contributed by atoms with van der Waals surface area (Å²) in [5, 5.41) is 11.3. The van der Waals surface area contributed by atoms with Crippen LogP contribution in [0.4, 0.5) is 0 Å². The average molecular weight is 352 g/mol. The summed E-state index contributed by atoms with van der Waals surface area (Å²) in [4.78, 5) is 25.1. The number of para-hydroxylation sites is 1. The molecule has 0 spiro atoms. The first-order valence-corrected chi connectivity index (χ1v) is 9.30. The minimum Gasteiger partial charge on any atom is -0.352 e. The highest BCUT2D eigenvalue weighted by Crippen LogP contribution is 2.30. The van der Waals surface area contributed by atoms with Crippen molar-refractivity contribution in [2.75, 3.05) is 0 Å². The summed E-state index contributed by atoms with van der Waals surface area (Å²) in [5.41, 5.74) is 1.11. The van der Waals surface area contributed by atoms with E-state index in [9.17, 15) is 9.59 Å². The fraction of sp³-hybridized carbons (Fsp3) is 0.450. The number of fused-ring (bicyclic) bond motifs is 3. The van der Waals surface area contributed by atoms with E-state index < -0.39 is 0 Å². The molecule has 3 atom stereocenters. The Hall–Kier alpha value is -2.63. The van der Waals surface area contributed by atoms with Crippen LogP contribution in [0.2, 0.25) is 0 Å². The van der Waals surface area contributed by atoms with E-state index in [4.69, 9.17) is 0 Å². The molecule has 6 nitrogen and oxygen atoms in total. The molecule has 0 bridgehead atoms. The second kappa shape index (κ2) is 6.59. The molecule has 2 aromatic heterocycles. The lowest BCUT2D eigenvalue weighted by atomic mass is 9.78. The maximum atomic E-state index is 12.8. The molecule has 1 aliphatic rings. The van der Waals surface area contributed by atoms with Gasteiger partial charge in [-0.25, -0.2) is 5.10 Å². The summed E-state index contributed by atoms with van der Waals surface area (Å²) >= 11 is 0. The molecule has 1 fully saturated rings. The number of hydrogen-bond donors (Lipinski definition) is 2. The van der Waals surface area contributed by atoms with E-state index in [1.165, 1.54) is 6.42 Å². The van der Waals surface area contributed by atoms with Crippen LogP contribution in [0.1, 0.15) is 33.1 Å². The van der Waals surface area contributed by atoms with Crippen molar-refractivity contribution < 1.29 is 4.79 Å². The molecule has 2 heterocycles. The Morgan fingerprint density at radius 3 is 2.92 bits per heavy atom. The molecule has 0 unspecified atom stereocenters. The zero-order valence-corrected chi connectivity index (χ0v) is 15.2. The minimum absolute atomic E-state index is 0.0465. The maximum Gasteiger partial charge on any atom is 0.288 e. The van der Waals surface area contributed by atoms with Crippen molar-refractivity contribution in [1.82, 2.24) is 20.1 Å². The van der Waals surface area contributed by atoms with Gasteiger partial charge in [-0.05, 0) is 24.3 Å². The molecule has 1 saturated carbocycles. The molecule has 0 saturated heterocycles. The molecule has 4 rings (SSSR count). The Balaban J connectivity index is 1.68. The molecule has 1 aromatic carbocycles. The number of nitrogens with one attached hydrogen (secondary N) is 2. The predicted molar refractivity (Wildman–Crippen MR) is 102 cm³/mol. The van der Waals surface area contributed by atoms with Crippen molar-refractivity contribution in [1.29, 1.82) is 0 Å². The fourth-order valence-corrected chi connectivity index (χ4v) is 4.26. The van der Waals surface area contributed by atoms with Gasteiger partial charge in [0.2, 0.25) is 5.91 Å². The van der Waals surface area contributed by atoms with Gasteiger partial charge in [-0.2, -0.15) is 5.10 Å². The maximum absolute atomic E-state index is 12.8. The van der Waals surface area contributed by atoms with Gasteiger partial charge in [-0.3, -0.25) is 9.59 Å². The highest BCUT2D eigenvalue weighted by molar-refractivity contribution is 6.07. The quantitative estimate of drug-likeness (QED) is 0.761. The number of carbonyl (C=O) groups is 1. The van der Waals surface area contributed by atoms with Crippen LogP contribution in [-0.2, 0) is 11.3 Å². The third kappa shape index (κ3) is 2.79. The fourth-order valence-electron chi connectivity index (χ4n) is 4.26. The van der Waals surface area contributed by atoms with Gasteiger partial charge >= 0.3 is 0 Å². The second-order valence-corrected chi connectivity index (χ2v) is 7.51. The van der Waals surface area contributed by atoms with E-state index in [-0.39, 0.29) is 24.1 Å². The molecule has 0 aliphatic heterocycles. The number of benzene rings is 1. The van der Waals surface area contributed by atoms with Crippen LogP contribution in [0.5, 0.6) is 0 Å². The molecule has 6 heteroatoms. The van der Waals surface area contributed by atoms with Crippen molar-refractivity contribution in [3.63, 3.8) is 0 Å². The molecule has 136 valence electrons. The summed E-state index contributed by atoms with van der Waals surface area (Å²) in [6, 6.07) is 7.95. The number of nitrogens with zero attached hydrogens (tertiary/aromatic N) is 2. The molecule has 1 aliphatic carbocycles. The average Bonchev–Trinajstić information content (AvgIpc) is 2.94. The first-order chi connectivity index (χ1) is 12.6. The van der Waals surface area contributed by atoms with E-state index in [0.717, 1.165) is 29.1 Å². The monoisotopic (exact) mass is 352 g/mol. The SMILES string of the molecule is C[C@@H]1[C@H](C)CCC[C@H]1NC(=O)Cn1c2ccccc2c2cn[nH]c(=O)c21. The van der Waals surface area contributed by atoms with E-state index in [1.807, 2.05) is 24.3 Å². The molecule has 26 heavy (non-hydrogen) atoms. The number of rotatable bonds is 3. The van der Waals surface area contributed by atoms with Gasteiger partial charge < -0.3 is 9.88 Å². The van der Waals surface area contributed by atoms with E-state index in [1.54, 1.807) is 10.8 Å². The van der Waals surface area contributed by atoms with Gasteiger partial charge in [-0.15, -0.1) is 0 Å². The van der Waals surface area contributed by atoms with Crippen LogP contribution in [0.15, 0.2) is 35.3 Å². The normalized spacial score (nSPS) is 23.4. The minimum atomic E-state index is -0.272. The first-order valence-electron chi connectivity index (χ1n) is 9.30.